The van der Waals surface area contributed by atoms with Crippen LogP contribution < -0.4 is 5.32 Å². The average molecular weight is 362 g/mol. The van der Waals surface area contributed by atoms with Crippen LogP contribution in [-0.2, 0) is 6.54 Å². The van der Waals surface area contributed by atoms with Gasteiger partial charge in [-0.15, -0.1) is 0 Å². The normalized spacial score (nSPS) is 10.5. The summed E-state index contributed by atoms with van der Waals surface area (Å²) in [6, 6.07) is 14.3. The number of aryl methyl sites for hydroxylation is 1. The number of nitrogens with zero attached hydrogens (tertiary/aromatic N) is 3. The van der Waals surface area contributed by atoms with Crippen molar-refractivity contribution in [3.8, 4) is 0 Å². The Hall–Kier alpha value is -3.41. The fraction of sp³-hybridized carbons (Fsp3) is 0.190. The molecule has 1 N–H and O–H groups in total. The van der Waals surface area contributed by atoms with Crippen molar-refractivity contribution in [1.82, 2.24) is 14.5 Å². The van der Waals surface area contributed by atoms with Gasteiger partial charge >= 0.3 is 0 Å². The Kier molecular flexibility index (Phi) is 5.35. The lowest BCUT2D eigenvalue weighted by molar-refractivity contribution is 0.0827. The van der Waals surface area contributed by atoms with Crippen molar-refractivity contribution >= 4 is 17.5 Å². The average Bonchev–Trinajstić information content (AvgIpc) is 3.07. The molecule has 0 aliphatic heterocycles. The van der Waals surface area contributed by atoms with Gasteiger partial charge in [-0.3, -0.25) is 9.59 Å². The molecular formula is C21H22N4O2. The third-order valence-electron chi connectivity index (χ3n) is 4.29. The highest BCUT2D eigenvalue weighted by Crippen LogP contribution is 2.14. The lowest BCUT2D eigenvalue weighted by atomic mass is 10.1. The SMILES string of the molecule is Cc1nccn1Cc1ccc(C(=O)Nc2ccc(C(=O)N(C)C)cc2)cc1. The van der Waals surface area contributed by atoms with Gasteiger partial charge in [0.25, 0.3) is 11.8 Å². The van der Waals surface area contributed by atoms with E-state index in [-0.39, 0.29) is 11.8 Å². The van der Waals surface area contributed by atoms with Crippen LogP contribution in [0.5, 0.6) is 0 Å². The van der Waals surface area contributed by atoms with Crippen LogP contribution in [-0.4, -0.2) is 40.4 Å². The summed E-state index contributed by atoms with van der Waals surface area (Å²) in [4.78, 5) is 30.0. The van der Waals surface area contributed by atoms with E-state index in [1.54, 1.807) is 56.7 Å². The van der Waals surface area contributed by atoms with Crippen molar-refractivity contribution in [3.63, 3.8) is 0 Å². The number of carbonyl (C=O) groups is 2. The molecule has 3 rings (SSSR count). The molecule has 0 saturated heterocycles. The second kappa shape index (κ2) is 7.86. The standard InChI is InChI=1S/C21H22N4O2/c1-15-22-12-13-25(15)14-16-4-6-17(7-5-16)20(26)23-19-10-8-18(9-11-19)21(27)24(2)3/h4-13H,14H2,1-3H3,(H,23,26). The summed E-state index contributed by atoms with van der Waals surface area (Å²) >= 11 is 0. The minimum Gasteiger partial charge on any atom is -0.345 e. The van der Waals surface area contributed by atoms with Crippen LogP contribution in [0.15, 0.2) is 60.9 Å². The molecule has 1 heterocycles. The van der Waals surface area contributed by atoms with E-state index in [0.29, 0.717) is 16.8 Å². The zero-order valence-electron chi connectivity index (χ0n) is 15.6. The Balaban J connectivity index is 1.64. The van der Waals surface area contributed by atoms with Crippen LogP contribution in [0.2, 0.25) is 0 Å². The lowest BCUT2D eigenvalue weighted by Crippen LogP contribution is -2.21. The van der Waals surface area contributed by atoms with Crippen LogP contribution in [0.3, 0.4) is 0 Å². The predicted octanol–water partition coefficient (Wildman–Crippen LogP) is 3.19. The number of rotatable bonds is 5. The maximum Gasteiger partial charge on any atom is 0.255 e. The van der Waals surface area contributed by atoms with E-state index in [4.69, 9.17) is 0 Å². The minimum absolute atomic E-state index is 0.0726. The van der Waals surface area contributed by atoms with Gasteiger partial charge in [0, 0.05) is 49.8 Å². The van der Waals surface area contributed by atoms with Crippen molar-refractivity contribution in [3.05, 3.63) is 83.4 Å². The van der Waals surface area contributed by atoms with Crippen LogP contribution in [0.25, 0.3) is 0 Å². The topological polar surface area (TPSA) is 67.2 Å². The lowest BCUT2D eigenvalue weighted by Gasteiger charge is -2.11. The molecule has 0 aliphatic rings. The van der Waals surface area contributed by atoms with Gasteiger partial charge in [0.05, 0.1) is 0 Å². The summed E-state index contributed by atoms with van der Waals surface area (Å²) in [5, 5.41) is 2.85. The number of anilines is 1. The number of imidazole rings is 1. The molecule has 27 heavy (non-hydrogen) atoms. The monoisotopic (exact) mass is 362 g/mol. The van der Waals surface area contributed by atoms with Crippen LogP contribution in [0, 0.1) is 6.92 Å². The van der Waals surface area contributed by atoms with Crippen LogP contribution in [0.1, 0.15) is 32.1 Å². The smallest absolute Gasteiger partial charge is 0.255 e. The largest absolute Gasteiger partial charge is 0.345 e. The van der Waals surface area contributed by atoms with Crippen molar-refractivity contribution in [2.75, 3.05) is 19.4 Å². The van der Waals surface area contributed by atoms with Crippen molar-refractivity contribution in [1.29, 1.82) is 0 Å². The summed E-state index contributed by atoms with van der Waals surface area (Å²) in [6.07, 6.45) is 3.70. The molecule has 0 unspecified atom stereocenters. The van der Waals surface area contributed by atoms with E-state index in [1.165, 1.54) is 4.90 Å². The van der Waals surface area contributed by atoms with Gasteiger partial charge in [-0.1, -0.05) is 12.1 Å². The molecule has 2 aromatic carbocycles. The van der Waals surface area contributed by atoms with E-state index in [9.17, 15) is 9.59 Å². The molecule has 0 saturated carbocycles. The molecule has 0 aliphatic carbocycles. The third-order valence-corrected chi connectivity index (χ3v) is 4.29. The van der Waals surface area contributed by atoms with Crippen molar-refractivity contribution in [2.24, 2.45) is 0 Å². The van der Waals surface area contributed by atoms with Crippen molar-refractivity contribution < 1.29 is 9.59 Å². The van der Waals surface area contributed by atoms with E-state index < -0.39 is 0 Å². The summed E-state index contributed by atoms with van der Waals surface area (Å²) < 4.78 is 2.05. The van der Waals surface area contributed by atoms with E-state index >= 15 is 0 Å². The molecule has 0 radical (unpaired) electrons. The maximum atomic E-state index is 12.4. The maximum absolute atomic E-state index is 12.4. The second-order valence-corrected chi connectivity index (χ2v) is 6.53. The zero-order chi connectivity index (χ0) is 19.4. The summed E-state index contributed by atoms with van der Waals surface area (Å²) in [5.74, 6) is 0.691. The van der Waals surface area contributed by atoms with Gasteiger partial charge in [-0.25, -0.2) is 4.98 Å². The van der Waals surface area contributed by atoms with Crippen LogP contribution >= 0.6 is 0 Å². The molecule has 6 nitrogen and oxygen atoms in total. The van der Waals surface area contributed by atoms with Gasteiger partial charge in [-0.05, 0) is 48.9 Å². The minimum atomic E-state index is -0.188. The van der Waals surface area contributed by atoms with E-state index in [0.717, 1.165) is 17.9 Å². The van der Waals surface area contributed by atoms with E-state index in [1.807, 2.05) is 29.8 Å². The molecule has 0 fully saturated rings. The number of aromatic nitrogens is 2. The van der Waals surface area contributed by atoms with Gasteiger partial charge in [-0.2, -0.15) is 0 Å². The Morgan fingerprint density at radius 2 is 1.63 bits per heavy atom. The Morgan fingerprint density at radius 1 is 1.00 bits per heavy atom. The first-order valence-corrected chi connectivity index (χ1v) is 8.64. The first kappa shape index (κ1) is 18.4. The highest BCUT2D eigenvalue weighted by atomic mass is 16.2. The summed E-state index contributed by atoms with van der Waals surface area (Å²) in [7, 11) is 3.41. The van der Waals surface area contributed by atoms with Gasteiger partial charge in [0.2, 0.25) is 0 Å². The van der Waals surface area contributed by atoms with E-state index in [2.05, 4.69) is 10.3 Å². The zero-order valence-corrected chi connectivity index (χ0v) is 15.6. The van der Waals surface area contributed by atoms with Gasteiger partial charge < -0.3 is 14.8 Å². The number of carbonyl (C=O) groups excluding carboxylic acids is 2. The summed E-state index contributed by atoms with van der Waals surface area (Å²) in [6.45, 7) is 2.67. The Morgan fingerprint density at radius 3 is 2.19 bits per heavy atom. The first-order chi connectivity index (χ1) is 12.9. The second-order valence-electron chi connectivity index (χ2n) is 6.53. The van der Waals surface area contributed by atoms with Crippen LogP contribution in [0.4, 0.5) is 5.69 Å². The molecule has 0 spiro atoms. The Labute approximate surface area is 158 Å². The molecule has 1 aromatic heterocycles. The molecule has 0 bridgehead atoms. The number of benzene rings is 2. The fourth-order valence-corrected chi connectivity index (χ4v) is 2.69. The number of nitrogens with one attached hydrogen (secondary N) is 1. The molecule has 6 heteroatoms. The highest BCUT2D eigenvalue weighted by Gasteiger charge is 2.10. The highest BCUT2D eigenvalue weighted by molar-refractivity contribution is 6.04. The van der Waals surface area contributed by atoms with Gasteiger partial charge in [0.1, 0.15) is 5.82 Å². The number of amides is 2. The number of hydrogen-bond donors (Lipinski definition) is 1. The third kappa shape index (κ3) is 4.41. The predicted molar refractivity (Wildman–Crippen MR) is 105 cm³/mol. The molecule has 3 aromatic rings. The van der Waals surface area contributed by atoms with Crippen molar-refractivity contribution in [2.45, 2.75) is 13.5 Å². The molecule has 0 atom stereocenters. The Bertz CT molecular complexity index is 941. The molecular weight excluding hydrogens is 340 g/mol. The fourth-order valence-electron chi connectivity index (χ4n) is 2.69. The van der Waals surface area contributed by atoms with Gasteiger partial charge in [0.15, 0.2) is 0 Å². The summed E-state index contributed by atoms with van der Waals surface area (Å²) in [5.41, 5.74) is 2.90. The molecule has 2 amide bonds. The number of hydrogen-bond acceptors (Lipinski definition) is 3. The molecule has 138 valence electrons. The quantitative estimate of drug-likeness (QED) is 0.758. The first-order valence-electron chi connectivity index (χ1n) is 8.64.